The Labute approximate surface area is 99.4 Å². The Morgan fingerprint density at radius 1 is 1.56 bits per heavy atom. The highest BCUT2D eigenvalue weighted by Gasteiger charge is 2.22. The van der Waals surface area contributed by atoms with Gasteiger partial charge in [0.05, 0.1) is 0 Å². The first-order chi connectivity index (χ1) is 7.65. The molecule has 94 valence electrons. The molecule has 0 saturated carbocycles. The van der Waals surface area contributed by atoms with Crippen LogP contribution in [0.25, 0.3) is 0 Å². The van der Waals surface area contributed by atoms with Crippen molar-refractivity contribution in [3.05, 3.63) is 0 Å². The van der Waals surface area contributed by atoms with Gasteiger partial charge in [-0.2, -0.15) is 0 Å². The third-order valence-corrected chi connectivity index (χ3v) is 3.67. The topological polar surface area (TPSA) is 41.1 Å². The zero-order valence-corrected chi connectivity index (χ0v) is 10.9. The Morgan fingerprint density at radius 2 is 2.31 bits per heavy atom. The van der Waals surface area contributed by atoms with E-state index < -0.39 is 0 Å². The molecule has 0 aromatic carbocycles. The molecule has 3 unspecified atom stereocenters. The molecule has 1 amide bonds. The predicted molar refractivity (Wildman–Crippen MR) is 67.2 cm³/mol. The first-order valence-electron chi connectivity index (χ1n) is 6.63. The molecule has 0 spiro atoms. The van der Waals surface area contributed by atoms with Gasteiger partial charge in [-0.05, 0) is 37.8 Å². The van der Waals surface area contributed by atoms with E-state index >= 15 is 0 Å². The fourth-order valence-corrected chi connectivity index (χ4v) is 2.34. The van der Waals surface area contributed by atoms with Gasteiger partial charge in [-0.1, -0.05) is 27.2 Å². The maximum Gasteiger partial charge on any atom is 0.222 e. The van der Waals surface area contributed by atoms with Crippen molar-refractivity contribution in [3.63, 3.8) is 0 Å². The summed E-state index contributed by atoms with van der Waals surface area (Å²) in [6, 6.07) is 0. The van der Waals surface area contributed by atoms with Gasteiger partial charge in [0.2, 0.25) is 5.91 Å². The fraction of sp³-hybridized carbons (Fsp3) is 0.923. The third-order valence-electron chi connectivity index (χ3n) is 3.67. The third kappa shape index (κ3) is 4.12. The lowest BCUT2D eigenvalue weighted by atomic mass is 9.88. The highest BCUT2D eigenvalue weighted by Crippen LogP contribution is 2.17. The van der Waals surface area contributed by atoms with Gasteiger partial charge in [0.1, 0.15) is 0 Å². The maximum atomic E-state index is 11.8. The quantitative estimate of drug-likeness (QED) is 0.750. The van der Waals surface area contributed by atoms with E-state index in [0.29, 0.717) is 11.8 Å². The number of amides is 1. The van der Waals surface area contributed by atoms with Crippen LogP contribution >= 0.6 is 0 Å². The number of rotatable bonds is 5. The van der Waals surface area contributed by atoms with Crippen LogP contribution in [0.15, 0.2) is 0 Å². The Hall–Kier alpha value is -0.570. The van der Waals surface area contributed by atoms with Crippen molar-refractivity contribution in [2.45, 2.75) is 40.0 Å². The van der Waals surface area contributed by atoms with Gasteiger partial charge >= 0.3 is 0 Å². The van der Waals surface area contributed by atoms with Crippen LogP contribution in [0.1, 0.15) is 40.0 Å². The zero-order valence-electron chi connectivity index (χ0n) is 10.9. The lowest BCUT2D eigenvalue weighted by Gasteiger charge is -2.29. The molecule has 16 heavy (non-hydrogen) atoms. The number of carbonyl (C=O) groups excluding carboxylic acids is 1. The summed E-state index contributed by atoms with van der Waals surface area (Å²) in [7, 11) is 0. The van der Waals surface area contributed by atoms with E-state index in [1.54, 1.807) is 0 Å². The van der Waals surface area contributed by atoms with E-state index in [2.05, 4.69) is 24.5 Å². The number of hydrogen-bond donors (Lipinski definition) is 2. The summed E-state index contributed by atoms with van der Waals surface area (Å²) < 4.78 is 0. The average Bonchev–Trinajstić information content (AvgIpc) is 2.28. The summed E-state index contributed by atoms with van der Waals surface area (Å²) >= 11 is 0. The smallest absolute Gasteiger partial charge is 0.222 e. The molecular weight excluding hydrogens is 200 g/mol. The van der Waals surface area contributed by atoms with Gasteiger partial charge in [-0.25, -0.2) is 0 Å². The summed E-state index contributed by atoms with van der Waals surface area (Å²) in [5.41, 5.74) is 0. The van der Waals surface area contributed by atoms with Crippen molar-refractivity contribution in [1.82, 2.24) is 10.6 Å². The lowest BCUT2D eigenvalue weighted by molar-refractivity contribution is -0.125. The Kier molecular flexibility index (Phi) is 5.81. The molecule has 3 heteroatoms. The molecule has 0 aliphatic carbocycles. The molecule has 0 radical (unpaired) electrons. The van der Waals surface area contributed by atoms with Crippen molar-refractivity contribution in [2.75, 3.05) is 19.6 Å². The molecule has 3 atom stereocenters. The molecule has 1 rings (SSSR count). The summed E-state index contributed by atoms with van der Waals surface area (Å²) in [5, 5.41) is 6.48. The molecule has 1 aliphatic heterocycles. The average molecular weight is 226 g/mol. The minimum absolute atomic E-state index is 0.169. The molecule has 1 aliphatic rings. The van der Waals surface area contributed by atoms with Gasteiger partial charge in [0.15, 0.2) is 0 Å². The van der Waals surface area contributed by atoms with Crippen LogP contribution in [-0.2, 0) is 4.79 Å². The van der Waals surface area contributed by atoms with Crippen molar-refractivity contribution >= 4 is 5.91 Å². The molecular formula is C13H26N2O. The summed E-state index contributed by atoms with van der Waals surface area (Å²) in [5.74, 6) is 1.73. The second-order valence-electron chi connectivity index (χ2n) is 5.17. The summed E-state index contributed by atoms with van der Waals surface area (Å²) in [6.45, 7) is 9.44. The van der Waals surface area contributed by atoms with Gasteiger partial charge < -0.3 is 10.6 Å². The second kappa shape index (κ2) is 6.89. The molecule has 0 aromatic heterocycles. The van der Waals surface area contributed by atoms with Gasteiger partial charge in [0, 0.05) is 12.5 Å². The first-order valence-corrected chi connectivity index (χ1v) is 6.63. The van der Waals surface area contributed by atoms with Crippen molar-refractivity contribution in [2.24, 2.45) is 17.8 Å². The van der Waals surface area contributed by atoms with Crippen LogP contribution in [0.5, 0.6) is 0 Å². The van der Waals surface area contributed by atoms with Crippen LogP contribution in [0.4, 0.5) is 0 Å². The molecule has 0 aromatic rings. The molecule has 1 fully saturated rings. The highest BCUT2D eigenvalue weighted by molar-refractivity contribution is 5.78. The highest BCUT2D eigenvalue weighted by atomic mass is 16.1. The maximum absolute atomic E-state index is 11.8. The number of carbonyl (C=O) groups is 1. The Bertz CT molecular complexity index is 218. The van der Waals surface area contributed by atoms with E-state index in [1.165, 1.54) is 6.42 Å². The van der Waals surface area contributed by atoms with E-state index in [-0.39, 0.29) is 11.8 Å². The number of nitrogens with one attached hydrogen (secondary N) is 2. The second-order valence-corrected chi connectivity index (χ2v) is 5.17. The van der Waals surface area contributed by atoms with Gasteiger partial charge in [-0.3, -0.25) is 4.79 Å². The first kappa shape index (κ1) is 13.5. The largest absolute Gasteiger partial charge is 0.356 e. The molecule has 1 saturated heterocycles. The van der Waals surface area contributed by atoms with Gasteiger partial charge in [-0.15, -0.1) is 0 Å². The normalized spacial score (nSPS) is 27.4. The zero-order chi connectivity index (χ0) is 12.0. The molecule has 0 bridgehead atoms. The van der Waals surface area contributed by atoms with Crippen molar-refractivity contribution in [1.29, 1.82) is 0 Å². The van der Waals surface area contributed by atoms with Gasteiger partial charge in [0.25, 0.3) is 0 Å². The van der Waals surface area contributed by atoms with Crippen molar-refractivity contribution < 1.29 is 4.79 Å². The van der Waals surface area contributed by atoms with Crippen LogP contribution in [0, 0.1) is 17.8 Å². The van der Waals surface area contributed by atoms with Crippen molar-refractivity contribution in [3.8, 4) is 0 Å². The van der Waals surface area contributed by atoms with Crippen LogP contribution in [0.3, 0.4) is 0 Å². The fourth-order valence-electron chi connectivity index (χ4n) is 2.34. The lowest BCUT2D eigenvalue weighted by Crippen LogP contribution is -2.42. The summed E-state index contributed by atoms with van der Waals surface area (Å²) in [6.07, 6.45) is 3.26. The van der Waals surface area contributed by atoms with E-state index in [4.69, 9.17) is 0 Å². The summed E-state index contributed by atoms with van der Waals surface area (Å²) in [4.78, 5) is 11.8. The van der Waals surface area contributed by atoms with Crippen LogP contribution < -0.4 is 10.6 Å². The van der Waals surface area contributed by atoms with E-state index in [9.17, 15) is 4.79 Å². The minimum Gasteiger partial charge on any atom is -0.356 e. The predicted octanol–water partition coefficient (Wildman–Crippen LogP) is 1.78. The molecule has 2 N–H and O–H groups in total. The number of hydrogen-bond acceptors (Lipinski definition) is 2. The minimum atomic E-state index is 0.169. The van der Waals surface area contributed by atoms with E-state index in [1.807, 2.05) is 6.92 Å². The Balaban J connectivity index is 2.24. The standard InChI is InChI=1S/C13H26N2O/c1-4-5-10(2)13(16)15-9-12-6-7-14-8-11(12)3/h10-12,14H,4-9H2,1-3H3,(H,15,16). The van der Waals surface area contributed by atoms with Crippen LogP contribution in [0.2, 0.25) is 0 Å². The monoisotopic (exact) mass is 226 g/mol. The molecule has 3 nitrogen and oxygen atoms in total. The Morgan fingerprint density at radius 3 is 2.94 bits per heavy atom. The van der Waals surface area contributed by atoms with Crippen LogP contribution in [-0.4, -0.2) is 25.5 Å². The van der Waals surface area contributed by atoms with E-state index in [0.717, 1.165) is 32.5 Å². The number of piperidine rings is 1. The SMILES string of the molecule is CCCC(C)C(=O)NCC1CCNCC1C. The molecule has 1 heterocycles.